The molecule has 174 valence electrons. The van der Waals surface area contributed by atoms with Gasteiger partial charge in [0.15, 0.2) is 0 Å². The number of nitrogens with zero attached hydrogens (tertiary/aromatic N) is 4. The number of imidazole rings is 1. The minimum atomic E-state index is -3.77. The van der Waals surface area contributed by atoms with Gasteiger partial charge in [-0.1, -0.05) is 17.7 Å². The summed E-state index contributed by atoms with van der Waals surface area (Å²) >= 11 is 5.95. The summed E-state index contributed by atoms with van der Waals surface area (Å²) in [5.41, 5.74) is 1.02. The summed E-state index contributed by atoms with van der Waals surface area (Å²) in [5.74, 6) is -0.232. The molecule has 1 amide bonds. The van der Waals surface area contributed by atoms with E-state index in [1.165, 1.54) is 28.7 Å². The largest absolute Gasteiger partial charge is 0.352 e. The lowest BCUT2D eigenvalue weighted by atomic mass is 9.97. The molecule has 1 saturated heterocycles. The maximum atomic E-state index is 14.6. The molecule has 0 radical (unpaired) electrons. The maximum Gasteiger partial charge on any atom is 0.246 e. The highest BCUT2D eigenvalue weighted by Crippen LogP contribution is 2.27. The van der Waals surface area contributed by atoms with Crippen molar-refractivity contribution in [2.45, 2.75) is 31.2 Å². The van der Waals surface area contributed by atoms with Crippen molar-refractivity contribution in [3.05, 3.63) is 71.3 Å². The van der Waals surface area contributed by atoms with Crippen molar-refractivity contribution in [3.63, 3.8) is 0 Å². The summed E-state index contributed by atoms with van der Waals surface area (Å²) in [5, 5.41) is 2.76. The van der Waals surface area contributed by atoms with E-state index in [9.17, 15) is 17.6 Å². The fourth-order valence-corrected chi connectivity index (χ4v) is 5.78. The van der Waals surface area contributed by atoms with E-state index < -0.39 is 15.8 Å². The van der Waals surface area contributed by atoms with Gasteiger partial charge in [-0.15, -0.1) is 0 Å². The Morgan fingerprint density at radius 1 is 1.21 bits per heavy atom. The Balaban J connectivity index is 1.33. The number of benzene rings is 1. The molecule has 0 unspecified atom stereocenters. The lowest BCUT2D eigenvalue weighted by molar-refractivity contribution is -0.126. The van der Waals surface area contributed by atoms with Crippen molar-refractivity contribution in [2.75, 3.05) is 13.1 Å². The summed E-state index contributed by atoms with van der Waals surface area (Å²) in [6.45, 7) is 2.39. The highest BCUT2D eigenvalue weighted by atomic mass is 35.5. The number of piperidine rings is 1. The Morgan fingerprint density at radius 2 is 1.97 bits per heavy atom. The molecule has 33 heavy (non-hydrogen) atoms. The zero-order chi connectivity index (χ0) is 23.6. The Hall–Kier alpha value is -2.82. The van der Waals surface area contributed by atoms with Gasteiger partial charge in [0.2, 0.25) is 15.9 Å². The van der Waals surface area contributed by atoms with Crippen LogP contribution in [0, 0.1) is 18.7 Å². The van der Waals surface area contributed by atoms with Crippen LogP contribution in [0.15, 0.2) is 53.8 Å². The predicted octanol–water partition coefficient (Wildman–Crippen LogP) is 3.09. The molecular formula is C22H23ClFN5O3S. The molecular weight excluding hydrogens is 469 g/mol. The number of carbonyl (C=O) groups excluding carboxylic acids is 1. The molecule has 1 N–H and O–H groups in total. The summed E-state index contributed by atoms with van der Waals surface area (Å²) in [6.07, 6.45) is 5.48. The van der Waals surface area contributed by atoms with E-state index >= 15 is 0 Å². The second-order valence-electron chi connectivity index (χ2n) is 7.82. The Morgan fingerprint density at radius 3 is 2.61 bits per heavy atom. The van der Waals surface area contributed by atoms with Gasteiger partial charge in [0.1, 0.15) is 21.7 Å². The van der Waals surface area contributed by atoms with E-state index in [-0.39, 0.29) is 41.5 Å². The van der Waals surface area contributed by atoms with Gasteiger partial charge >= 0.3 is 0 Å². The second-order valence-corrected chi connectivity index (χ2v) is 10.1. The van der Waals surface area contributed by atoms with E-state index in [0.29, 0.717) is 29.9 Å². The number of carbonyl (C=O) groups is 1. The molecule has 3 heterocycles. The van der Waals surface area contributed by atoms with Crippen molar-refractivity contribution in [3.8, 4) is 5.69 Å². The predicted molar refractivity (Wildman–Crippen MR) is 121 cm³/mol. The molecule has 1 aliphatic heterocycles. The molecule has 3 aromatic rings. The number of rotatable bonds is 6. The fourth-order valence-electron chi connectivity index (χ4n) is 3.88. The van der Waals surface area contributed by atoms with Crippen LogP contribution in [0.1, 0.15) is 24.2 Å². The Labute approximate surface area is 196 Å². The molecule has 8 nitrogen and oxygen atoms in total. The molecule has 0 aliphatic carbocycles. The molecule has 11 heteroatoms. The molecule has 0 saturated carbocycles. The van der Waals surface area contributed by atoms with Crippen LogP contribution >= 0.6 is 11.6 Å². The third kappa shape index (κ3) is 4.92. The first-order valence-corrected chi connectivity index (χ1v) is 12.3. The van der Waals surface area contributed by atoms with Gasteiger partial charge in [-0.25, -0.2) is 22.8 Å². The van der Waals surface area contributed by atoms with E-state index in [2.05, 4.69) is 15.3 Å². The molecule has 1 fully saturated rings. The minimum absolute atomic E-state index is 0.0362. The van der Waals surface area contributed by atoms with E-state index in [4.69, 9.17) is 11.6 Å². The fraction of sp³-hybridized carbons (Fsp3) is 0.318. The number of hydrogen-bond donors (Lipinski definition) is 1. The standard InChI is InChI=1S/C22H23ClFN5O3S/c1-15-25-9-12-29(15)19-5-4-16(13-18(19)24)14-27-22(30)17-6-10-28(11-7-17)33(31,32)20-3-2-8-26-21(20)23/h2-5,8-9,12-13,17H,6-7,10-11,14H2,1H3,(H,27,30). The number of pyridine rings is 1. The number of sulfonamides is 1. The summed E-state index contributed by atoms with van der Waals surface area (Å²) in [4.78, 5) is 20.5. The molecule has 2 aromatic heterocycles. The maximum absolute atomic E-state index is 14.6. The minimum Gasteiger partial charge on any atom is -0.352 e. The molecule has 4 rings (SSSR count). The quantitative estimate of drug-likeness (QED) is 0.534. The second kappa shape index (κ2) is 9.58. The number of aromatic nitrogens is 3. The van der Waals surface area contributed by atoms with Crippen LogP contribution in [-0.2, 0) is 21.4 Å². The van der Waals surface area contributed by atoms with Crippen LogP contribution in [0.2, 0.25) is 5.15 Å². The molecule has 1 aliphatic rings. The average molecular weight is 492 g/mol. The number of aryl methyl sites for hydroxylation is 1. The summed E-state index contributed by atoms with van der Waals surface area (Å²) in [7, 11) is -3.77. The first kappa shape index (κ1) is 23.3. The molecule has 1 aromatic carbocycles. The lowest BCUT2D eigenvalue weighted by Gasteiger charge is -2.30. The monoisotopic (exact) mass is 491 g/mol. The van der Waals surface area contributed by atoms with Crippen LogP contribution in [0.4, 0.5) is 4.39 Å². The molecule has 0 atom stereocenters. The van der Waals surface area contributed by atoms with Crippen molar-refractivity contribution < 1.29 is 17.6 Å². The van der Waals surface area contributed by atoms with E-state index in [1.807, 2.05) is 0 Å². The average Bonchev–Trinajstić information content (AvgIpc) is 3.23. The molecule has 0 bridgehead atoms. The van der Waals surface area contributed by atoms with Gasteiger partial charge in [-0.2, -0.15) is 4.31 Å². The SMILES string of the molecule is Cc1nccn1-c1ccc(CNC(=O)C2CCN(S(=O)(=O)c3cccnc3Cl)CC2)cc1F. The van der Waals surface area contributed by atoms with Crippen LogP contribution in [-0.4, -0.2) is 46.3 Å². The zero-order valence-electron chi connectivity index (χ0n) is 17.9. The topological polar surface area (TPSA) is 97.2 Å². The van der Waals surface area contributed by atoms with Gasteiger partial charge in [0, 0.05) is 44.1 Å². The Kier molecular flexibility index (Phi) is 6.78. The summed E-state index contributed by atoms with van der Waals surface area (Å²) in [6, 6.07) is 7.73. The molecule has 0 spiro atoms. The van der Waals surface area contributed by atoms with Crippen molar-refractivity contribution in [1.82, 2.24) is 24.2 Å². The highest BCUT2D eigenvalue weighted by molar-refractivity contribution is 7.89. The first-order chi connectivity index (χ1) is 15.8. The van der Waals surface area contributed by atoms with Gasteiger partial charge < -0.3 is 9.88 Å². The van der Waals surface area contributed by atoms with E-state index in [1.54, 1.807) is 36.0 Å². The first-order valence-electron chi connectivity index (χ1n) is 10.4. The van der Waals surface area contributed by atoms with Crippen LogP contribution in [0.5, 0.6) is 0 Å². The number of amides is 1. The van der Waals surface area contributed by atoms with Crippen LogP contribution in [0.3, 0.4) is 0 Å². The van der Waals surface area contributed by atoms with Crippen LogP contribution < -0.4 is 5.32 Å². The zero-order valence-corrected chi connectivity index (χ0v) is 19.5. The van der Waals surface area contributed by atoms with Crippen LogP contribution in [0.25, 0.3) is 5.69 Å². The number of hydrogen-bond acceptors (Lipinski definition) is 5. The normalized spacial score (nSPS) is 15.5. The van der Waals surface area contributed by atoms with Crippen molar-refractivity contribution >= 4 is 27.5 Å². The Bertz CT molecular complexity index is 1270. The van der Waals surface area contributed by atoms with Gasteiger partial charge in [-0.05, 0) is 49.6 Å². The smallest absolute Gasteiger partial charge is 0.246 e. The summed E-state index contributed by atoms with van der Waals surface area (Å²) < 4.78 is 43.2. The van der Waals surface area contributed by atoms with E-state index in [0.717, 1.165) is 0 Å². The van der Waals surface area contributed by atoms with Gasteiger partial charge in [-0.3, -0.25) is 4.79 Å². The van der Waals surface area contributed by atoms with Crippen molar-refractivity contribution in [1.29, 1.82) is 0 Å². The third-order valence-electron chi connectivity index (χ3n) is 5.73. The van der Waals surface area contributed by atoms with Gasteiger partial charge in [0.25, 0.3) is 0 Å². The highest BCUT2D eigenvalue weighted by Gasteiger charge is 2.33. The van der Waals surface area contributed by atoms with Crippen molar-refractivity contribution in [2.24, 2.45) is 5.92 Å². The number of nitrogens with one attached hydrogen (secondary N) is 1. The number of halogens is 2. The van der Waals surface area contributed by atoms with Gasteiger partial charge in [0.05, 0.1) is 5.69 Å². The third-order valence-corrected chi connectivity index (χ3v) is 8.08. The lowest BCUT2D eigenvalue weighted by Crippen LogP contribution is -2.43.